The molecule has 0 radical (unpaired) electrons. The summed E-state index contributed by atoms with van der Waals surface area (Å²) in [6, 6.07) is 21.3. The molecule has 0 saturated carbocycles. The Bertz CT molecular complexity index is 1060. The average molecular weight is 448 g/mol. The molecular weight excluding hydrogens is 416 g/mol. The SMILES string of the molecule is N#Cc1cccc(CC(CCN)Cc2ccc(F)cc2)c1C(CCN)Cc1ccc(F)cc1. The minimum Gasteiger partial charge on any atom is -0.330 e. The average Bonchev–Trinajstić information content (AvgIpc) is 2.81. The van der Waals surface area contributed by atoms with E-state index in [4.69, 9.17) is 11.5 Å². The van der Waals surface area contributed by atoms with Crippen LogP contribution in [0.5, 0.6) is 0 Å². The van der Waals surface area contributed by atoms with E-state index in [2.05, 4.69) is 12.1 Å². The van der Waals surface area contributed by atoms with Crippen molar-refractivity contribution in [3.8, 4) is 6.07 Å². The van der Waals surface area contributed by atoms with Crippen LogP contribution in [0.1, 0.15) is 46.6 Å². The third-order valence-electron chi connectivity index (χ3n) is 6.16. The van der Waals surface area contributed by atoms with Gasteiger partial charge in [0.1, 0.15) is 11.6 Å². The highest BCUT2D eigenvalue weighted by atomic mass is 19.1. The molecule has 0 aromatic heterocycles. The van der Waals surface area contributed by atoms with Gasteiger partial charge in [-0.3, -0.25) is 0 Å². The molecule has 2 unspecified atom stereocenters. The number of hydrogen-bond acceptors (Lipinski definition) is 3. The zero-order chi connectivity index (χ0) is 23.6. The third kappa shape index (κ3) is 6.95. The second-order valence-corrected chi connectivity index (χ2v) is 8.57. The van der Waals surface area contributed by atoms with E-state index in [0.717, 1.165) is 47.9 Å². The van der Waals surface area contributed by atoms with Gasteiger partial charge in [0.15, 0.2) is 0 Å². The van der Waals surface area contributed by atoms with Gasteiger partial charge in [-0.25, -0.2) is 8.78 Å². The fourth-order valence-corrected chi connectivity index (χ4v) is 4.60. The molecule has 0 fully saturated rings. The molecule has 4 N–H and O–H groups in total. The molecule has 3 aromatic carbocycles. The molecule has 0 aliphatic carbocycles. The number of halogens is 2. The summed E-state index contributed by atoms with van der Waals surface area (Å²) in [4.78, 5) is 0. The molecule has 3 nitrogen and oxygen atoms in total. The van der Waals surface area contributed by atoms with E-state index < -0.39 is 0 Å². The van der Waals surface area contributed by atoms with E-state index in [1.54, 1.807) is 12.1 Å². The summed E-state index contributed by atoms with van der Waals surface area (Å²) in [5.41, 5.74) is 16.8. The number of nitriles is 1. The summed E-state index contributed by atoms with van der Waals surface area (Å²) < 4.78 is 26.7. The van der Waals surface area contributed by atoms with E-state index in [1.165, 1.54) is 24.3 Å². The summed E-state index contributed by atoms with van der Waals surface area (Å²) >= 11 is 0. The molecule has 0 aliphatic rings. The van der Waals surface area contributed by atoms with Crippen molar-refractivity contribution in [1.29, 1.82) is 5.26 Å². The minimum atomic E-state index is -0.266. The first-order chi connectivity index (χ1) is 16.0. The van der Waals surface area contributed by atoms with E-state index in [9.17, 15) is 14.0 Å². The van der Waals surface area contributed by atoms with Gasteiger partial charge in [0.2, 0.25) is 0 Å². The van der Waals surface area contributed by atoms with Crippen LogP contribution in [-0.2, 0) is 19.3 Å². The Kier molecular flexibility index (Phi) is 9.12. The highest BCUT2D eigenvalue weighted by Gasteiger charge is 2.22. The summed E-state index contributed by atoms with van der Waals surface area (Å²) in [5.74, 6) is -0.200. The number of benzene rings is 3. The number of nitrogens with zero attached hydrogens (tertiary/aromatic N) is 1. The molecule has 0 saturated heterocycles. The predicted octanol–water partition coefficient (Wildman–Crippen LogP) is 5.26. The number of hydrogen-bond donors (Lipinski definition) is 2. The van der Waals surface area contributed by atoms with Crippen molar-refractivity contribution in [2.45, 2.75) is 38.0 Å². The number of nitrogens with two attached hydrogens (primary N) is 2. The van der Waals surface area contributed by atoms with Gasteiger partial charge in [0.25, 0.3) is 0 Å². The van der Waals surface area contributed by atoms with Gasteiger partial charge in [-0.15, -0.1) is 0 Å². The van der Waals surface area contributed by atoms with Gasteiger partial charge in [-0.2, -0.15) is 5.26 Å². The van der Waals surface area contributed by atoms with Crippen LogP contribution in [0.15, 0.2) is 66.7 Å². The van der Waals surface area contributed by atoms with Crippen molar-refractivity contribution in [1.82, 2.24) is 0 Å². The van der Waals surface area contributed by atoms with Crippen molar-refractivity contribution in [2.75, 3.05) is 13.1 Å². The van der Waals surface area contributed by atoms with Gasteiger partial charge in [0.05, 0.1) is 11.6 Å². The molecule has 0 amide bonds. The van der Waals surface area contributed by atoms with E-state index in [0.29, 0.717) is 25.1 Å². The molecule has 3 rings (SSSR count). The van der Waals surface area contributed by atoms with Gasteiger partial charge < -0.3 is 11.5 Å². The normalized spacial score (nSPS) is 12.8. The molecule has 5 heteroatoms. The maximum absolute atomic E-state index is 13.4. The zero-order valence-electron chi connectivity index (χ0n) is 18.8. The van der Waals surface area contributed by atoms with Crippen LogP contribution < -0.4 is 11.5 Å². The summed E-state index contributed by atoms with van der Waals surface area (Å²) in [6.07, 6.45) is 3.79. The molecule has 0 aliphatic heterocycles. The van der Waals surface area contributed by atoms with Gasteiger partial charge >= 0.3 is 0 Å². The Labute approximate surface area is 195 Å². The first-order valence-electron chi connectivity index (χ1n) is 11.4. The molecule has 33 heavy (non-hydrogen) atoms. The largest absolute Gasteiger partial charge is 0.330 e. The lowest BCUT2D eigenvalue weighted by Crippen LogP contribution is -2.18. The van der Waals surface area contributed by atoms with Crippen LogP contribution in [0.25, 0.3) is 0 Å². The standard InChI is InChI=1S/C28H31F2N3/c29-26-8-4-20(5-9-26)16-22(12-14-31)18-23-2-1-3-25(19-33)28(23)24(13-15-32)17-21-6-10-27(30)11-7-21/h1-11,22,24H,12-18,31-32H2. The minimum absolute atomic E-state index is 0.0515. The third-order valence-corrected chi connectivity index (χ3v) is 6.16. The fourth-order valence-electron chi connectivity index (χ4n) is 4.60. The summed E-state index contributed by atoms with van der Waals surface area (Å²) in [5, 5.41) is 9.87. The fraction of sp³-hybridized carbons (Fsp3) is 0.321. The Morgan fingerprint density at radius 3 is 1.85 bits per heavy atom. The van der Waals surface area contributed by atoms with Crippen LogP contribution in [0.2, 0.25) is 0 Å². The van der Waals surface area contributed by atoms with E-state index >= 15 is 0 Å². The van der Waals surface area contributed by atoms with Crippen LogP contribution in [-0.4, -0.2) is 13.1 Å². The van der Waals surface area contributed by atoms with Gasteiger partial charge in [-0.05, 0) is 110 Å². The Morgan fingerprint density at radius 2 is 1.30 bits per heavy atom. The predicted molar refractivity (Wildman–Crippen MR) is 129 cm³/mol. The van der Waals surface area contributed by atoms with E-state index in [1.807, 2.05) is 24.3 Å². The quantitative estimate of drug-likeness (QED) is 0.421. The van der Waals surface area contributed by atoms with Crippen molar-refractivity contribution < 1.29 is 8.78 Å². The Hall–Kier alpha value is -3.07. The first kappa shape index (κ1) is 24.6. The van der Waals surface area contributed by atoms with Crippen LogP contribution in [0.4, 0.5) is 8.78 Å². The summed E-state index contributed by atoms with van der Waals surface area (Å²) in [6.45, 7) is 1.05. The first-order valence-corrected chi connectivity index (χ1v) is 11.4. The molecule has 0 heterocycles. The molecule has 0 spiro atoms. The summed E-state index contributed by atoms with van der Waals surface area (Å²) in [7, 11) is 0. The smallest absolute Gasteiger partial charge is 0.123 e. The van der Waals surface area contributed by atoms with Crippen LogP contribution >= 0.6 is 0 Å². The highest BCUT2D eigenvalue weighted by Crippen LogP contribution is 2.32. The number of rotatable bonds is 11. The second kappa shape index (κ2) is 12.2. The molecule has 3 aromatic rings. The lowest BCUT2D eigenvalue weighted by Gasteiger charge is -2.24. The highest BCUT2D eigenvalue weighted by molar-refractivity contribution is 5.46. The zero-order valence-corrected chi connectivity index (χ0v) is 18.8. The van der Waals surface area contributed by atoms with Crippen LogP contribution in [0, 0.1) is 28.9 Å². The maximum atomic E-state index is 13.4. The van der Waals surface area contributed by atoms with Gasteiger partial charge in [0, 0.05) is 0 Å². The van der Waals surface area contributed by atoms with Crippen molar-refractivity contribution in [2.24, 2.45) is 17.4 Å². The van der Waals surface area contributed by atoms with Crippen molar-refractivity contribution in [3.63, 3.8) is 0 Å². The van der Waals surface area contributed by atoms with Crippen molar-refractivity contribution in [3.05, 3.63) is 106 Å². The topological polar surface area (TPSA) is 75.8 Å². The Morgan fingerprint density at radius 1 is 0.727 bits per heavy atom. The van der Waals surface area contributed by atoms with Gasteiger partial charge in [-0.1, -0.05) is 36.4 Å². The Balaban J connectivity index is 1.92. The lowest BCUT2D eigenvalue weighted by molar-refractivity contribution is 0.482. The molecule has 0 bridgehead atoms. The second-order valence-electron chi connectivity index (χ2n) is 8.57. The lowest BCUT2D eigenvalue weighted by atomic mass is 9.80. The van der Waals surface area contributed by atoms with Crippen molar-refractivity contribution >= 4 is 0 Å². The molecule has 172 valence electrons. The molecule has 2 atom stereocenters. The van der Waals surface area contributed by atoms with Crippen LogP contribution in [0.3, 0.4) is 0 Å². The monoisotopic (exact) mass is 447 g/mol. The van der Waals surface area contributed by atoms with E-state index in [-0.39, 0.29) is 23.5 Å². The molecular formula is C28H31F2N3. The maximum Gasteiger partial charge on any atom is 0.123 e.